The maximum absolute atomic E-state index is 10.9. The standard InChI is InChI=1S/C7H12N2O2S/c8-2-5-12-6-7(11)9-3-1-4-10/h10H,1,3-6H2,(H,9,11). The molecule has 0 saturated carbocycles. The van der Waals surface area contributed by atoms with Crippen molar-refractivity contribution >= 4 is 17.7 Å². The van der Waals surface area contributed by atoms with Crippen LogP contribution >= 0.6 is 11.8 Å². The summed E-state index contributed by atoms with van der Waals surface area (Å²) < 4.78 is 0. The first kappa shape index (κ1) is 11.3. The van der Waals surface area contributed by atoms with Crippen molar-refractivity contribution in [2.45, 2.75) is 6.42 Å². The number of aliphatic hydroxyl groups is 1. The van der Waals surface area contributed by atoms with Gasteiger partial charge in [0.1, 0.15) is 0 Å². The van der Waals surface area contributed by atoms with Gasteiger partial charge in [-0.05, 0) is 6.42 Å². The van der Waals surface area contributed by atoms with Crippen molar-refractivity contribution in [1.29, 1.82) is 5.26 Å². The van der Waals surface area contributed by atoms with E-state index >= 15 is 0 Å². The molecule has 0 aliphatic carbocycles. The second-order valence-electron chi connectivity index (χ2n) is 2.08. The highest BCUT2D eigenvalue weighted by Gasteiger charge is 1.98. The molecule has 68 valence electrons. The highest BCUT2D eigenvalue weighted by Crippen LogP contribution is 1.96. The van der Waals surface area contributed by atoms with E-state index in [0.717, 1.165) is 0 Å². The van der Waals surface area contributed by atoms with Gasteiger partial charge >= 0.3 is 0 Å². The van der Waals surface area contributed by atoms with Crippen LogP contribution in [-0.2, 0) is 4.79 Å². The highest BCUT2D eigenvalue weighted by molar-refractivity contribution is 8.00. The fraction of sp³-hybridized carbons (Fsp3) is 0.714. The van der Waals surface area contributed by atoms with Gasteiger partial charge in [-0.25, -0.2) is 0 Å². The van der Waals surface area contributed by atoms with Gasteiger partial charge in [0, 0.05) is 13.2 Å². The minimum atomic E-state index is -0.0799. The van der Waals surface area contributed by atoms with Gasteiger partial charge in [-0.1, -0.05) is 0 Å². The minimum Gasteiger partial charge on any atom is -0.396 e. The van der Waals surface area contributed by atoms with Crippen molar-refractivity contribution in [2.24, 2.45) is 0 Å². The molecule has 12 heavy (non-hydrogen) atoms. The van der Waals surface area contributed by atoms with Gasteiger partial charge < -0.3 is 10.4 Å². The molecule has 0 rings (SSSR count). The molecule has 1 amide bonds. The van der Waals surface area contributed by atoms with Gasteiger partial charge in [0.2, 0.25) is 5.91 Å². The lowest BCUT2D eigenvalue weighted by atomic mass is 10.4. The zero-order chi connectivity index (χ0) is 9.23. The summed E-state index contributed by atoms with van der Waals surface area (Å²) in [6, 6.07) is 1.93. The molecule has 4 nitrogen and oxygen atoms in total. The van der Waals surface area contributed by atoms with Crippen molar-refractivity contribution in [1.82, 2.24) is 5.32 Å². The molecule has 0 heterocycles. The molecule has 0 fully saturated rings. The van der Waals surface area contributed by atoms with Crippen LogP contribution in [0.15, 0.2) is 0 Å². The third-order valence-electron chi connectivity index (χ3n) is 1.06. The minimum absolute atomic E-state index is 0.0799. The number of rotatable bonds is 6. The quantitative estimate of drug-likeness (QED) is 0.563. The molecule has 0 aromatic rings. The second-order valence-corrected chi connectivity index (χ2v) is 3.06. The zero-order valence-corrected chi connectivity index (χ0v) is 7.56. The predicted molar refractivity (Wildman–Crippen MR) is 47.7 cm³/mol. The SMILES string of the molecule is N#CCSCC(=O)NCCCO. The lowest BCUT2D eigenvalue weighted by molar-refractivity contribution is -0.118. The van der Waals surface area contributed by atoms with E-state index in [1.165, 1.54) is 11.8 Å². The molecule has 0 bridgehead atoms. The van der Waals surface area contributed by atoms with E-state index in [-0.39, 0.29) is 12.5 Å². The number of nitriles is 1. The first-order valence-electron chi connectivity index (χ1n) is 3.63. The van der Waals surface area contributed by atoms with Crippen LogP contribution in [0, 0.1) is 11.3 Å². The normalized spacial score (nSPS) is 9.00. The number of thioether (sulfide) groups is 1. The van der Waals surface area contributed by atoms with Crippen LogP contribution in [0.2, 0.25) is 0 Å². The topological polar surface area (TPSA) is 73.1 Å². The smallest absolute Gasteiger partial charge is 0.230 e. The average Bonchev–Trinajstić information content (AvgIpc) is 2.06. The Morgan fingerprint density at radius 2 is 2.42 bits per heavy atom. The van der Waals surface area contributed by atoms with Crippen LogP contribution in [0.1, 0.15) is 6.42 Å². The van der Waals surface area contributed by atoms with E-state index in [9.17, 15) is 4.79 Å². The van der Waals surface area contributed by atoms with Crippen LogP contribution in [-0.4, -0.2) is 35.7 Å². The van der Waals surface area contributed by atoms with Gasteiger partial charge in [0.15, 0.2) is 0 Å². The predicted octanol–water partition coefficient (Wildman–Crippen LogP) is -0.258. The highest BCUT2D eigenvalue weighted by atomic mass is 32.2. The lowest BCUT2D eigenvalue weighted by Crippen LogP contribution is -2.26. The molecule has 0 atom stereocenters. The molecular weight excluding hydrogens is 176 g/mol. The monoisotopic (exact) mass is 188 g/mol. The molecule has 0 aromatic heterocycles. The van der Waals surface area contributed by atoms with Crippen LogP contribution in [0.25, 0.3) is 0 Å². The molecule has 0 spiro atoms. The number of aliphatic hydroxyl groups excluding tert-OH is 1. The summed E-state index contributed by atoms with van der Waals surface area (Å²) in [5.74, 6) is 0.579. The number of carbonyl (C=O) groups excluding carboxylic acids is 1. The van der Waals surface area contributed by atoms with E-state index in [1.54, 1.807) is 0 Å². The molecule has 0 saturated heterocycles. The van der Waals surface area contributed by atoms with Crippen LogP contribution in [0.5, 0.6) is 0 Å². The molecule has 2 N–H and O–H groups in total. The van der Waals surface area contributed by atoms with Gasteiger partial charge in [-0.3, -0.25) is 4.79 Å². The number of carbonyl (C=O) groups is 1. The van der Waals surface area contributed by atoms with E-state index in [2.05, 4.69) is 5.32 Å². The van der Waals surface area contributed by atoms with Crippen molar-refractivity contribution in [3.63, 3.8) is 0 Å². The van der Waals surface area contributed by atoms with Crippen molar-refractivity contribution in [3.8, 4) is 6.07 Å². The number of amides is 1. The molecule has 0 aliphatic rings. The Bertz CT molecular complexity index is 167. The Hall–Kier alpha value is -0.730. The van der Waals surface area contributed by atoms with Gasteiger partial charge in [-0.15, -0.1) is 11.8 Å². The second kappa shape index (κ2) is 8.37. The number of nitrogens with one attached hydrogen (secondary N) is 1. The largest absolute Gasteiger partial charge is 0.396 e. The summed E-state index contributed by atoms with van der Waals surface area (Å²) >= 11 is 1.28. The maximum atomic E-state index is 10.9. The Balaban J connectivity index is 3.17. The lowest BCUT2D eigenvalue weighted by Gasteiger charge is -2.01. The summed E-state index contributed by atoms with van der Waals surface area (Å²) in [4.78, 5) is 10.9. The molecular formula is C7H12N2O2S. The first-order valence-corrected chi connectivity index (χ1v) is 4.79. The van der Waals surface area contributed by atoms with Crippen molar-refractivity contribution in [2.75, 3.05) is 24.7 Å². The van der Waals surface area contributed by atoms with Gasteiger partial charge in [0.25, 0.3) is 0 Å². The molecule has 0 aliphatic heterocycles. The Labute approximate surface area is 76.0 Å². The summed E-state index contributed by atoms with van der Waals surface area (Å²) in [5, 5.41) is 19.2. The average molecular weight is 188 g/mol. The molecule has 5 heteroatoms. The number of nitrogens with zero attached hydrogens (tertiary/aromatic N) is 1. The third-order valence-corrected chi connectivity index (χ3v) is 1.86. The van der Waals surface area contributed by atoms with Crippen LogP contribution < -0.4 is 5.32 Å². The van der Waals surface area contributed by atoms with Crippen LogP contribution in [0.3, 0.4) is 0 Å². The maximum Gasteiger partial charge on any atom is 0.230 e. The van der Waals surface area contributed by atoms with Gasteiger partial charge in [-0.2, -0.15) is 5.26 Å². The molecule has 0 aromatic carbocycles. The van der Waals surface area contributed by atoms with Crippen LogP contribution in [0.4, 0.5) is 0 Å². The van der Waals surface area contributed by atoms with E-state index in [1.807, 2.05) is 6.07 Å². The number of hydrogen-bond donors (Lipinski definition) is 2. The summed E-state index contributed by atoms with van der Waals surface area (Å²) in [5.41, 5.74) is 0. The molecule has 0 unspecified atom stereocenters. The summed E-state index contributed by atoms with van der Waals surface area (Å²) in [7, 11) is 0. The summed E-state index contributed by atoms with van der Waals surface area (Å²) in [6.07, 6.45) is 0.578. The Morgan fingerprint density at radius 3 is 3.00 bits per heavy atom. The number of hydrogen-bond acceptors (Lipinski definition) is 4. The van der Waals surface area contributed by atoms with E-state index < -0.39 is 0 Å². The Morgan fingerprint density at radius 1 is 1.67 bits per heavy atom. The van der Waals surface area contributed by atoms with E-state index in [4.69, 9.17) is 10.4 Å². The Kier molecular flexibility index (Phi) is 7.86. The fourth-order valence-corrected chi connectivity index (χ4v) is 1.03. The van der Waals surface area contributed by atoms with E-state index in [0.29, 0.717) is 24.5 Å². The first-order chi connectivity index (χ1) is 5.81. The van der Waals surface area contributed by atoms with Gasteiger partial charge in [0.05, 0.1) is 17.6 Å². The molecule has 0 radical (unpaired) electrons. The summed E-state index contributed by atoms with van der Waals surface area (Å²) in [6.45, 7) is 0.591. The fourth-order valence-electron chi connectivity index (χ4n) is 0.547. The van der Waals surface area contributed by atoms with Crippen molar-refractivity contribution < 1.29 is 9.90 Å². The van der Waals surface area contributed by atoms with Crippen molar-refractivity contribution in [3.05, 3.63) is 0 Å². The third kappa shape index (κ3) is 7.38. The zero-order valence-electron chi connectivity index (χ0n) is 6.75.